The average Bonchev–Trinajstić information content (AvgIpc) is 3.34. The number of benzene rings is 2. The zero-order valence-electron chi connectivity index (χ0n) is 19.1. The molecular formula is C23H20N4O8S2. The highest BCUT2D eigenvalue weighted by molar-refractivity contribution is 7.86. The van der Waals surface area contributed by atoms with Crippen LogP contribution in [0.5, 0.6) is 0 Å². The lowest BCUT2D eigenvalue weighted by Gasteiger charge is -2.02. The van der Waals surface area contributed by atoms with Gasteiger partial charge in [-0.2, -0.15) is 16.8 Å². The van der Waals surface area contributed by atoms with E-state index in [-0.39, 0.29) is 15.4 Å². The predicted octanol–water partition coefficient (Wildman–Crippen LogP) is 2.17. The molecule has 0 saturated heterocycles. The molecule has 0 aliphatic rings. The maximum atomic E-state index is 12.8. The minimum absolute atomic E-state index is 0.295. The zero-order valence-corrected chi connectivity index (χ0v) is 20.7. The van der Waals surface area contributed by atoms with E-state index in [1.54, 1.807) is 25.2 Å². The van der Waals surface area contributed by atoms with Gasteiger partial charge in [0.15, 0.2) is 0 Å². The fourth-order valence-corrected chi connectivity index (χ4v) is 4.44. The summed E-state index contributed by atoms with van der Waals surface area (Å²) < 4.78 is 65.4. The summed E-state index contributed by atoms with van der Waals surface area (Å²) in [7, 11) is -8.70. The van der Waals surface area contributed by atoms with Gasteiger partial charge in [-0.15, -0.1) is 0 Å². The first-order valence-electron chi connectivity index (χ1n) is 10.5. The molecule has 4 rings (SSSR count). The minimum Gasteiger partial charge on any atom is -0.298 e. The SMILES string of the molecule is Cc1[nH]n(-c2ccc(S(=O)(=O)O)cc2)c(=O)c1C=CC=Cc1c[nH]n(-c2ccc(S(=O)(=O)O)cc2)c1=O. The summed E-state index contributed by atoms with van der Waals surface area (Å²) in [5, 5.41) is 5.66. The molecule has 192 valence electrons. The Hall–Kier alpha value is -4.24. The second-order valence-corrected chi connectivity index (χ2v) is 10.7. The Balaban J connectivity index is 1.53. The van der Waals surface area contributed by atoms with Crippen molar-refractivity contribution < 1.29 is 25.9 Å². The molecule has 14 heteroatoms. The van der Waals surface area contributed by atoms with Crippen molar-refractivity contribution in [2.24, 2.45) is 0 Å². The highest BCUT2D eigenvalue weighted by Crippen LogP contribution is 2.14. The molecular weight excluding hydrogens is 524 g/mol. The fourth-order valence-electron chi connectivity index (χ4n) is 3.48. The van der Waals surface area contributed by atoms with E-state index in [2.05, 4.69) is 10.2 Å². The molecule has 0 radical (unpaired) electrons. The third-order valence-electron chi connectivity index (χ3n) is 5.35. The van der Waals surface area contributed by atoms with Crippen LogP contribution in [0.2, 0.25) is 0 Å². The van der Waals surface area contributed by atoms with Crippen LogP contribution in [0, 0.1) is 6.92 Å². The number of aromatic amines is 2. The van der Waals surface area contributed by atoms with Crippen LogP contribution in [0.25, 0.3) is 23.5 Å². The molecule has 12 nitrogen and oxygen atoms in total. The Morgan fingerprint density at radius 2 is 1.22 bits per heavy atom. The number of aryl methyl sites for hydroxylation is 1. The van der Waals surface area contributed by atoms with Crippen molar-refractivity contribution in [2.45, 2.75) is 16.7 Å². The molecule has 2 heterocycles. The first-order chi connectivity index (χ1) is 17.4. The second-order valence-electron chi connectivity index (χ2n) is 7.82. The standard InChI is InChI=1S/C23H20N4O8S2/c1-15-21(23(29)27(25-15)18-8-12-20(13-9-18)37(33,34)35)5-3-2-4-16-14-24-26(22(16)28)17-6-10-19(11-7-17)36(30,31)32/h2-14,24-25H,1H3,(H,30,31,32)(H,33,34,35). The summed E-state index contributed by atoms with van der Waals surface area (Å²) in [6.45, 7) is 1.69. The monoisotopic (exact) mass is 544 g/mol. The third-order valence-corrected chi connectivity index (χ3v) is 7.09. The lowest BCUT2D eigenvalue weighted by atomic mass is 10.2. The molecule has 0 saturated carbocycles. The minimum atomic E-state index is -4.35. The molecule has 2 aromatic carbocycles. The first kappa shape index (κ1) is 25.8. The number of hydrogen-bond donors (Lipinski definition) is 4. The number of hydrogen-bond acceptors (Lipinski definition) is 6. The lowest BCUT2D eigenvalue weighted by Crippen LogP contribution is -2.16. The van der Waals surface area contributed by atoms with Crippen LogP contribution in [-0.4, -0.2) is 45.5 Å². The Bertz CT molecular complexity index is 1850. The molecule has 0 spiro atoms. The van der Waals surface area contributed by atoms with Gasteiger partial charge in [0, 0.05) is 11.9 Å². The van der Waals surface area contributed by atoms with Crippen LogP contribution >= 0.6 is 0 Å². The molecule has 0 amide bonds. The summed E-state index contributed by atoms with van der Waals surface area (Å²) in [6, 6.07) is 10.2. The van der Waals surface area contributed by atoms with E-state index < -0.39 is 25.8 Å². The van der Waals surface area contributed by atoms with Gasteiger partial charge in [0.05, 0.1) is 32.3 Å². The molecule has 4 N–H and O–H groups in total. The number of allylic oxidation sites excluding steroid dienone is 2. The molecule has 0 bridgehead atoms. The quantitative estimate of drug-likeness (QED) is 0.201. The van der Waals surface area contributed by atoms with E-state index >= 15 is 0 Å². The molecule has 0 fully saturated rings. The third kappa shape index (κ3) is 5.46. The molecule has 4 aromatic rings. The van der Waals surface area contributed by atoms with Crippen LogP contribution in [-0.2, 0) is 20.2 Å². The summed E-state index contributed by atoms with van der Waals surface area (Å²) in [6.07, 6.45) is 7.66. The number of H-pyrrole nitrogens is 2. The van der Waals surface area contributed by atoms with E-state index in [4.69, 9.17) is 9.11 Å². The molecule has 0 aliphatic heterocycles. The maximum absolute atomic E-state index is 12.8. The molecule has 0 aliphatic carbocycles. The number of rotatable bonds is 7. The maximum Gasteiger partial charge on any atom is 0.294 e. The summed E-state index contributed by atoms with van der Waals surface area (Å²) in [5.74, 6) is 0. The van der Waals surface area contributed by atoms with Gasteiger partial charge >= 0.3 is 0 Å². The van der Waals surface area contributed by atoms with E-state index in [0.717, 1.165) is 0 Å². The van der Waals surface area contributed by atoms with Gasteiger partial charge in [0.25, 0.3) is 31.4 Å². The zero-order chi connectivity index (χ0) is 27.0. The van der Waals surface area contributed by atoms with Gasteiger partial charge in [-0.25, -0.2) is 9.36 Å². The van der Waals surface area contributed by atoms with Gasteiger partial charge < -0.3 is 0 Å². The van der Waals surface area contributed by atoms with E-state index in [9.17, 15) is 26.4 Å². The Labute approximate surface area is 210 Å². The van der Waals surface area contributed by atoms with Crippen molar-refractivity contribution >= 4 is 32.4 Å². The topological polar surface area (TPSA) is 184 Å². The van der Waals surface area contributed by atoms with Crippen LogP contribution in [0.3, 0.4) is 0 Å². The van der Waals surface area contributed by atoms with E-state index in [1.165, 1.54) is 70.2 Å². The summed E-state index contributed by atoms with van der Waals surface area (Å²) in [4.78, 5) is 24.9. The Kier molecular flexibility index (Phi) is 6.75. The highest BCUT2D eigenvalue weighted by Gasteiger charge is 2.13. The van der Waals surface area contributed by atoms with Gasteiger partial charge in [-0.05, 0) is 67.6 Å². The van der Waals surface area contributed by atoms with Gasteiger partial charge in [0.1, 0.15) is 0 Å². The highest BCUT2D eigenvalue weighted by atomic mass is 32.2. The number of aromatic nitrogens is 4. The van der Waals surface area contributed by atoms with Crippen LogP contribution in [0.1, 0.15) is 16.8 Å². The molecule has 37 heavy (non-hydrogen) atoms. The first-order valence-corrected chi connectivity index (χ1v) is 13.4. The predicted molar refractivity (Wildman–Crippen MR) is 135 cm³/mol. The van der Waals surface area contributed by atoms with Gasteiger partial charge in [-0.1, -0.05) is 12.2 Å². The van der Waals surface area contributed by atoms with Crippen LogP contribution < -0.4 is 11.1 Å². The normalized spacial score (nSPS) is 12.6. The van der Waals surface area contributed by atoms with Crippen molar-refractivity contribution in [3.05, 3.63) is 104 Å². The van der Waals surface area contributed by atoms with Crippen LogP contribution in [0.15, 0.2) is 86.3 Å². The summed E-state index contributed by atoms with van der Waals surface area (Å²) >= 11 is 0. The lowest BCUT2D eigenvalue weighted by molar-refractivity contribution is 0.481. The van der Waals surface area contributed by atoms with Crippen molar-refractivity contribution in [1.29, 1.82) is 0 Å². The van der Waals surface area contributed by atoms with Crippen LogP contribution in [0.4, 0.5) is 0 Å². The van der Waals surface area contributed by atoms with Crippen molar-refractivity contribution in [3.63, 3.8) is 0 Å². The molecule has 0 unspecified atom stereocenters. The summed E-state index contributed by atoms with van der Waals surface area (Å²) in [5.41, 5.74) is 1.12. The number of nitrogens with zero attached hydrogens (tertiary/aromatic N) is 2. The van der Waals surface area contributed by atoms with Crippen molar-refractivity contribution in [3.8, 4) is 11.4 Å². The Morgan fingerprint density at radius 1 is 0.730 bits per heavy atom. The van der Waals surface area contributed by atoms with Gasteiger partial charge in [-0.3, -0.25) is 28.9 Å². The average molecular weight is 545 g/mol. The van der Waals surface area contributed by atoms with Crippen molar-refractivity contribution in [2.75, 3.05) is 0 Å². The van der Waals surface area contributed by atoms with E-state index in [1.807, 2.05) is 0 Å². The van der Waals surface area contributed by atoms with Gasteiger partial charge in [0.2, 0.25) is 0 Å². The second kappa shape index (κ2) is 9.67. The molecule has 0 atom stereocenters. The van der Waals surface area contributed by atoms with E-state index in [0.29, 0.717) is 28.2 Å². The number of nitrogens with one attached hydrogen (secondary N) is 2. The molecule has 2 aromatic heterocycles. The smallest absolute Gasteiger partial charge is 0.294 e. The van der Waals surface area contributed by atoms with Crippen molar-refractivity contribution in [1.82, 2.24) is 19.6 Å². The fraction of sp³-hybridized carbons (Fsp3) is 0.0435. The Morgan fingerprint density at radius 3 is 1.73 bits per heavy atom. The largest absolute Gasteiger partial charge is 0.298 e.